The molecule has 0 bridgehead atoms. The number of anilines is 3. The van der Waals surface area contributed by atoms with Gasteiger partial charge in [0.1, 0.15) is 0 Å². The van der Waals surface area contributed by atoms with Crippen LogP contribution in [0.3, 0.4) is 0 Å². The third-order valence-corrected chi connectivity index (χ3v) is 7.69. The summed E-state index contributed by atoms with van der Waals surface area (Å²) in [6.45, 7) is 9.92. The number of carbonyl (C=O) groups excluding carboxylic acids is 2. The number of amides is 3. The molecular formula is C30H36N10O3. The van der Waals surface area contributed by atoms with Gasteiger partial charge in [0.15, 0.2) is 22.8 Å². The third-order valence-electron chi connectivity index (χ3n) is 7.69. The number of hydrogen-bond donors (Lipinski definition) is 2. The number of fused-ring (bicyclic) bond motifs is 1. The van der Waals surface area contributed by atoms with Gasteiger partial charge in [-0.15, -0.1) is 5.10 Å². The molecule has 0 unspecified atom stereocenters. The first-order valence-corrected chi connectivity index (χ1v) is 14.6. The zero-order chi connectivity index (χ0) is 29.9. The van der Waals surface area contributed by atoms with Crippen molar-refractivity contribution in [2.75, 3.05) is 75.1 Å². The lowest BCUT2D eigenvalue weighted by Crippen LogP contribution is -2.47. The number of likely N-dealkylation sites (N-methyl/N-ethyl adjacent to an activating group) is 1. The van der Waals surface area contributed by atoms with Gasteiger partial charge in [-0.25, -0.2) is 19.4 Å². The second kappa shape index (κ2) is 12.3. The van der Waals surface area contributed by atoms with Crippen molar-refractivity contribution in [2.24, 2.45) is 0 Å². The van der Waals surface area contributed by atoms with Crippen LogP contribution >= 0.6 is 0 Å². The Kier molecular flexibility index (Phi) is 8.16. The molecule has 4 aromatic rings. The number of piperazine rings is 1. The molecule has 2 N–H and O–H groups in total. The van der Waals surface area contributed by atoms with E-state index in [0.717, 1.165) is 24.5 Å². The molecule has 224 valence electrons. The highest BCUT2D eigenvalue weighted by atomic mass is 16.5. The number of morpholine rings is 1. The Bertz CT molecular complexity index is 1590. The number of ether oxygens (including phenoxy) is 1. The topological polar surface area (TPSA) is 134 Å². The molecular weight excluding hydrogens is 548 g/mol. The van der Waals surface area contributed by atoms with Crippen molar-refractivity contribution in [3.8, 4) is 11.4 Å². The lowest BCUT2D eigenvalue weighted by Gasteiger charge is -2.32. The van der Waals surface area contributed by atoms with E-state index < -0.39 is 0 Å². The van der Waals surface area contributed by atoms with E-state index in [9.17, 15) is 9.59 Å². The highest BCUT2D eigenvalue weighted by Gasteiger charge is 2.23. The minimum Gasteiger partial charge on any atom is -0.378 e. The Morgan fingerprint density at radius 3 is 2.09 bits per heavy atom. The summed E-state index contributed by atoms with van der Waals surface area (Å²) in [5.74, 6) is 1.31. The maximum atomic E-state index is 12.8. The van der Waals surface area contributed by atoms with Gasteiger partial charge in [-0.2, -0.15) is 0 Å². The van der Waals surface area contributed by atoms with Crippen LogP contribution < -0.4 is 15.5 Å². The van der Waals surface area contributed by atoms with Gasteiger partial charge >= 0.3 is 6.03 Å². The van der Waals surface area contributed by atoms with E-state index in [2.05, 4.69) is 37.8 Å². The Hall–Kier alpha value is -4.62. The van der Waals surface area contributed by atoms with Gasteiger partial charge in [-0.3, -0.25) is 4.79 Å². The Morgan fingerprint density at radius 1 is 0.837 bits per heavy atom. The number of aromatic nitrogens is 5. The molecule has 6 rings (SSSR count). The normalized spacial score (nSPS) is 16.1. The molecule has 0 atom stereocenters. The Balaban J connectivity index is 1.13. The molecule has 4 heterocycles. The number of nitrogens with one attached hydrogen (secondary N) is 2. The summed E-state index contributed by atoms with van der Waals surface area (Å²) in [5.41, 5.74) is 3.98. The quantitative estimate of drug-likeness (QED) is 0.350. The molecule has 2 saturated heterocycles. The van der Waals surface area contributed by atoms with Crippen molar-refractivity contribution in [3.05, 3.63) is 54.1 Å². The SMILES string of the molecule is CC(C)n1nnc2c(N3CCOCC3)nc(-c3ccc(NC(=O)Nc4ccc(C(=O)N5CCN(C)CC5)cc4)cc3)nc21. The minimum absolute atomic E-state index is 0.00862. The fraction of sp³-hybridized carbons (Fsp3) is 0.400. The van der Waals surface area contributed by atoms with E-state index in [1.165, 1.54) is 0 Å². The number of rotatable bonds is 6. The van der Waals surface area contributed by atoms with Gasteiger partial charge in [-0.05, 0) is 69.4 Å². The summed E-state index contributed by atoms with van der Waals surface area (Å²) >= 11 is 0. The van der Waals surface area contributed by atoms with Crippen LogP contribution in [-0.2, 0) is 4.74 Å². The largest absolute Gasteiger partial charge is 0.378 e. The van der Waals surface area contributed by atoms with Gasteiger partial charge in [0.2, 0.25) is 0 Å². The van der Waals surface area contributed by atoms with Crippen LogP contribution in [0.15, 0.2) is 48.5 Å². The van der Waals surface area contributed by atoms with Crippen LogP contribution in [0.2, 0.25) is 0 Å². The molecule has 2 aliphatic rings. The van der Waals surface area contributed by atoms with Crippen LogP contribution in [0.1, 0.15) is 30.2 Å². The zero-order valence-electron chi connectivity index (χ0n) is 24.7. The van der Waals surface area contributed by atoms with Crippen molar-refractivity contribution in [1.82, 2.24) is 34.8 Å². The molecule has 0 spiro atoms. The van der Waals surface area contributed by atoms with Crippen molar-refractivity contribution >= 4 is 40.3 Å². The van der Waals surface area contributed by atoms with Crippen molar-refractivity contribution in [2.45, 2.75) is 19.9 Å². The summed E-state index contributed by atoms with van der Waals surface area (Å²) in [4.78, 5) is 41.4. The Labute approximate surface area is 249 Å². The molecule has 43 heavy (non-hydrogen) atoms. The predicted octanol–water partition coefficient (Wildman–Crippen LogP) is 3.34. The number of benzene rings is 2. The summed E-state index contributed by atoms with van der Waals surface area (Å²) in [5, 5.41) is 14.4. The maximum absolute atomic E-state index is 12.8. The molecule has 2 fully saturated rings. The number of urea groups is 1. The van der Waals surface area contributed by atoms with E-state index in [1.54, 1.807) is 28.9 Å². The molecule has 2 aromatic heterocycles. The number of carbonyl (C=O) groups is 2. The van der Waals surface area contributed by atoms with Gasteiger partial charge in [0.05, 0.1) is 19.3 Å². The first-order valence-electron chi connectivity index (χ1n) is 14.6. The van der Waals surface area contributed by atoms with E-state index in [1.807, 2.05) is 43.0 Å². The predicted molar refractivity (Wildman–Crippen MR) is 164 cm³/mol. The van der Waals surface area contributed by atoms with Crippen molar-refractivity contribution < 1.29 is 14.3 Å². The fourth-order valence-corrected chi connectivity index (χ4v) is 5.17. The number of hydrogen-bond acceptors (Lipinski definition) is 9. The van der Waals surface area contributed by atoms with E-state index in [4.69, 9.17) is 14.7 Å². The second-order valence-corrected chi connectivity index (χ2v) is 11.1. The van der Waals surface area contributed by atoms with Gasteiger partial charge in [0.25, 0.3) is 5.91 Å². The van der Waals surface area contributed by atoms with E-state index >= 15 is 0 Å². The Morgan fingerprint density at radius 2 is 1.47 bits per heavy atom. The van der Waals surface area contributed by atoms with Crippen LogP contribution in [0.5, 0.6) is 0 Å². The highest BCUT2D eigenvalue weighted by Crippen LogP contribution is 2.28. The van der Waals surface area contributed by atoms with E-state index in [-0.39, 0.29) is 18.0 Å². The lowest BCUT2D eigenvalue weighted by atomic mass is 10.1. The second-order valence-electron chi connectivity index (χ2n) is 11.1. The average Bonchev–Trinajstić information content (AvgIpc) is 3.46. The summed E-state index contributed by atoms with van der Waals surface area (Å²) in [7, 11) is 2.06. The third kappa shape index (κ3) is 6.27. The molecule has 0 saturated carbocycles. The van der Waals surface area contributed by atoms with Crippen LogP contribution in [-0.4, -0.2) is 106 Å². The molecule has 3 amide bonds. The first-order chi connectivity index (χ1) is 20.9. The number of nitrogens with zero attached hydrogens (tertiary/aromatic N) is 8. The molecule has 0 radical (unpaired) electrons. The van der Waals surface area contributed by atoms with Gasteiger partial charge in [0, 0.05) is 61.8 Å². The molecule has 2 aliphatic heterocycles. The summed E-state index contributed by atoms with van der Waals surface area (Å²) in [6.07, 6.45) is 0. The van der Waals surface area contributed by atoms with Gasteiger partial charge < -0.3 is 30.1 Å². The van der Waals surface area contributed by atoms with Crippen molar-refractivity contribution in [1.29, 1.82) is 0 Å². The van der Waals surface area contributed by atoms with Crippen LogP contribution in [0.25, 0.3) is 22.6 Å². The van der Waals surface area contributed by atoms with Crippen LogP contribution in [0.4, 0.5) is 22.0 Å². The lowest BCUT2D eigenvalue weighted by molar-refractivity contribution is 0.0664. The van der Waals surface area contributed by atoms with Crippen molar-refractivity contribution in [3.63, 3.8) is 0 Å². The standard InChI is InChI=1S/C30H36N10O3/c1-20(2)40-28-25(35-36-40)27(38-16-18-43-19-17-38)33-26(34-28)21-4-8-23(9-5-21)31-30(42)32-24-10-6-22(7-11-24)29(41)39-14-12-37(3)13-15-39/h4-11,20H,12-19H2,1-3H3,(H2,31,32,42). The minimum atomic E-state index is -0.384. The molecule has 13 heteroatoms. The fourth-order valence-electron chi connectivity index (χ4n) is 5.17. The van der Waals surface area contributed by atoms with E-state index in [0.29, 0.717) is 73.3 Å². The molecule has 0 aliphatic carbocycles. The summed E-state index contributed by atoms with van der Waals surface area (Å²) < 4.78 is 7.34. The smallest absolute Gasteiger partial charge is 0.323 e. The molecule has 13 nitrogen and oxygen atoms in total. The monoisotopic (exact) mass is 584 g/mol. The average molecular weight is 585 g/mol. The molecule has 2 aromatic carbocycles. The van der Waals surface area contributed by atoms with Crippen LogP contribution in [0, 0.1) is 0 Å². The zero-order valence-corrected chi connectivity index (χ0v) is 24.7. The first kappa shape index (κ1) is 28.5. The maximum Gasteiger partial charge on any atom is 0.323 e. The van der Waals surface area contributed by atoms with Gasteiger partial charge in [-0.1, -0.05) is 5.21 Å². The summed E-state index contributed by atoms with van der Waals surface area (Å²) in [6, 6.07) is 14.0. The highest BCUT2D eigenvalue weighted by molar-refractivity contribution is 6.00.